The molecule has 94 valence electrons. The molecule has 0 aromatic rings. The van der Waals surface area contributed by atoms with E-state index in [-0.39, 0.29) is 0 Å². The van der Waals surface area contributed by atoms with E-state index in [0.29, 0.717) is 0 Å². The highest BCUT2D eigenvalue weighted by Gasteiger charge is 2.28. The van der Waals surface area contributed by atoms with Crippen molar-refractivity contribution >= 4 is 0 Å². The zero-order chi connectivity index (χ0) is 11.2. The Morgan fingerprint density at radius 3 is 2.19 bits per heavy atom. The van der Waals surface area contributed by atoms with Crippen LogP contribution in [-0.2, 0) is 0 Å². The van der Waals surface area contributed by atoms with E-state index in [9.17, 15) is 0 Å². The number of hydrogen-bond acceptors (Lipinski definition) is 1. The molecule has 2 unspecified atom stereocenters. The Hall–Kier alpha value is -0.0400. The van der Waals surface area contributed by atoms with Crippen LogP contribution in [0.1, 0.15) is 71.1 Å². The molecule has 0 aromatic heterocycles. The molecule has 2 fully saturated rings. The van der Waals surface area contributed by atoms with Crippen LogP contribution in [0.4, 0.5) is 0 Å². The fourth-order valence-electron chi connectivity index (χ4n) is 3.91. The van der Waals surface area contributed by atoms with E-state index in [4.69, 9.17) is 0 Å². The van der Waals surface area contributed by atoms with Crippen LogP contribution >= 0.6 is 0 Å². The highest BCUT2D eigenvalue weighted by atomic mass is 14.9. The molecule has 0 aromatic carbocycles. The number of rotatable bonds is 3. The van der Waals surface area contributed by atoms with Crippen molar-refractivity contribution < 1.29 is 0 Å². The van der Waals surface area contributed by atoms with Gasteiger partial charge in [-0.25, -0.2) is 0 Å². The van der Waals surface area contributed by atoms with E-state index in [1.165, 1.54) is 64.2 Å². The van der Waals surface area contributed by atoms with Crippen molar-refractivity contribution in [3.8, 4) is 0 Å². The van der Waals surface area contributed by atoms with Gasteiger partial charge in [0.05, 0.1) is 0 Å². The summed E-state index contributed by atoms with van der Waals surface area (Å²) in [5.74, 6) is 2.12. The first kappa shape index (κ1) is 12.4. The summed E-state index contributed by atoms with van der Waals surface area (Å²) in [4.78, 5) is 0. The maximum absolute atomic E-state index is 3.67. The Balaban J connectivity index is 1.82. The summed E-state index contributed by atoms with van der Waals surface area (Å²) in [5, 5.41) is 3.67. The Morgan fingerprint density at radius 1 is 0.812 bits per heavy atom. The molecule has 0 spiro atoms. The molecule has 2 saturated carbocycles. The second-order valence-corrected chi connectivity index (χ2v) is 5.93. The largest absolute Gasteiger partial charge is 0.314 e. The van der Waals surface area contributed by atoms with Crippen molar-refractivity contribution in [3.63, 3.8) is 0 Å². The van der Waals surface area contributed by atoms with Gasteiger partial charge in [-0.2, -0.15) is 0 Å². The Kier molecular flexibility index (Phi) is 5.15. The zero-order valence-electron chi connectivity index (χ0n) is 11.0. The first-order chi connectivity index (χ1) is 7.90. The Bertz CT molecular complexity index is 180. The molecular weight excluding hydrogens is 194 g/mol. The Morgan fingerprint density at radius 2 is 1.50 bits per heavy atom. The van der Waals surface area contributed by atoms with Crippen LogP contribution < -0.4 is 5.32 Å². The van der Waals surface area contributed by atoms with E-state index < -0.39 is 0 Å². The standard InChI is InChI=1S/C15H29N/c1-2-16-15-11-7-10-14(12-15)13-8-5-3-4-6-9-13/h13-16H,2-12H2,1H3. The average Bonchev–Trinajstić information content (AvgIpc) is 2.58. The molecule has 1 heteroatoms. The third-order valence-electron chi connectivity index (χ3n) is 4.77. The molecule has 0 amide bonds. The highest BCUT2D eigenvalue weighted by molar-refractivity contribution is 4.82. The van der Waals surface area contributed by atoms with Crippen molar-refractivity contribution in [1.82, 2.24) is 5.32 Å². The average molecular weight is 223 g/mol. The van der Waals surface area contributed by atoms with Gasteiger partial charge in [0.1, 0.15) is 0 Å². The summed E-state index contributed by atoms with van der Waals surface area (Å²) in [5.41, 5.74) is 0. The molecule has 16 heavy (non-hydrogen) atoms. The van der Waals surface area contributed by atoms with Crippen LogP contribution in [0.15, 0.2) is 0 Å². The van der Waals surface area contributed by atoms with Gasteiger partial charge in [0.25, 0.3) is 0 Å². The van der Waals surface area contributed by atoms with Crippen LogP contribution in [0.2, 0.25) is 0 Å². The molecule has 0 heterocycles. The van der Waals surface area contributed by atoms with Crippen LogP contribution in [-0.4, -0.2) is 12.6 Å². The summed E-state index contributed by atoms with van der Waals surface area (Å²) >= 11 is 0. The summed E-state index contributed by atoms with van der Waals surface area (Å²) in [6, 6.07) is 0.840. The van der Waals surface area contributed by atoms with E-state index in [1.54, 1.807) is 0 Å². The minimum Gasteiger partial charge on any atom is -0.314 e. The highest BCUT2D eigenvalue weighted by Crippen LogP contribution is 2.37. The van der Waals surface area contributed by atoms with E-state index >= 15 is 0 Å². The van der Waals surface area contributed by atoms with Crippen LogP contribution in [0.5, 0.6) is 0 Å². The quantitative estimate of drug-likeness (QED) is 0.710. The van der Waals surface area contributed by atoms with Gasteiger partial charge in [0.2, 0.25) is 0 Å². The molecule has 0 bridgehead atoms. The molecule has 0 radical (unpaired) electrons. The molecule has 1 nitrogen and oxygen atoms in total. The second kappa shape index (κ2) is 6.64. The van der Waals surface area contributed by atoms with Gasteiger partial charge in [-0.3, -0.25) is 0 Å². The van der Waals surface area contributed by atoms with Gasteiger partial charge < -0.3 is 5.32 Å². The van der Waals surface area contributed by atoms with Crippen molar-refractivity contribution in [3.05, 3.63) is 0 Å². The first-order valence-electron chi connectivity index (χ1n) is 7.63. The van der Waals surface area contributed by atoms with E-state index in [2.05, 4.69) is 12.2 Å². The maximum atomic E-state index is 3.67. The minimum absolute atomic E-state index is 0.840. The van der Waals surface area contributed by atoms with Gasteiger partial charge in [-0.05, 0) is 31.2 Å². The summed E-state index contributed by atoms with van der Waals surface area (Å²) < 4.78 is 0. The molecule has 1 N–H and O–H groups in total. The first-order valence-corrected chi connectivity index (χ1v) is 7.63. The lowest BCUT2D eigenvalue weighted by Crippen LogP contribution is -2.36. The third kappa shape index (κ3) is 3.48. The summed E-state index contributed by atoms with van der Waals surface area (Å²) in [7, 11) is 0. The van der Waals surface area contributed by atoms with Gasteiger partial charge in [-0.1, -0.05) is 58.3 Å². The van der Waals surface area contributed by atoms with Crippen LogP contribution in [0.25, 0.3) is 0 Å². The van der Waals surface area contributed by atoms with Gasteiger partial charge in [0, 0.05) is 6.04 Å². The van der Waals surface area contributed by atoms with Gasteiger partial charge in [-0.15, -0.1) is 0 Å². The third-order valence-corrected chi connectivity index (χ3v) is 4.77. The summed E-state index contributed by atoms with van der Waals surface area (Å²) in [6.07, 6.45) is 15.0. The van der Waals surface area contributed by atoms with Crippen LogP contribution in [0, 0.1) is 11.8 Å². The number of nitrogens with one attached hydrogen (secondary N) is 1. The van der Waals surface area contributed by atoms with E-state index in [0.717, 1.165) is 24.4 Å². The van der Waals surface area contributed by atoms with Crippen molar-refractivity contribution in [2.75, 3.05) is 6.54 Å². The molecule has 2 rings (SSSR count). The summed E-state index contributed by atoms with van der Waals surface area (Å²) in [6.45, 7) is 3.40. The molecule has 2 atom stereocenters. The second-order valence-electron chi connectivity index (χ2n) is 5.93. The fraction of sp³-hybridized carbons (Fsp3) is 1.00. The normalized spacial score (nSPS) is 33.6. The fourth-order valence-corrected chi connectivity index (χ4v) is 3.91. The predicted molar refractivity (Wildman–Crippen MR) is 70.6 cm³/mol. The zero-order valence-corrected chi connectivity index (χ0v) is 11.0. The predicted octanol–water partition coefficient (Wildman–Crippen LogP) is 4.13. The SMILES string of the molecule is CCNC1CCCC(C2CCCCCC2)C1. The van der Waals surface area contributed by atoms with Gasteiger partial charge in [0.15, 0.2) is 0 Å². The molecule has 0 aliphatic heterocycles. The number of hydrogen-bond donors (Lipinski definition) is 1. The van der Waals surface area contributed by atoms with Crippen molar-refractivity contribution in [1.29, 1.82) is 0 Å². The smallest absolute Gasteiger partial charge is 0.00696 e. The van der Waals surface area contributed by atoms with E-state index in [1.807, 2.05) is 0 Å². The van der Waals surface area contributed by atoms with Gasteiger partial charge >= 0.3 is 0 Å². The monoisotopic (exact) mass is 223 g/mol. The molecule has 0 saturated heterocycles. The lowest BCUT2D eigenvalue weighted by atomic mass is 9.75. The lowest BCUT2D eigenvalue weighted by Gasteiger charge is -2.34. The molecule has 2 aliphatic carbocycles. The minimum atomic E-state index is 0.840. The topological polar surface area (TPSA) is 12.0 Å². The Labute approximate surface area is 101 Å². The molecular formula is C15H29N. The van der Waals surface area contributed by atoms with Crippen molar-refractivity contribution in [2.45, 2.75) is 77.2 Å². The lowest BCUT2D eigenvalue weighted by molar-refractivity contribution is 0.195. The maximum Gasteiger partial charge on any atom is 0.00696 e. The molecule has 2 aliphatic rings. The van der Waals surface area contributed by atoms with Crippen LogP contribution in [0.3, 0.4) is 0 Å². The van der Waals surface area contributed by atoms with Crippen molar-refractivity contribution in [2.24, 2.45) is 11.8 Å².